The van der Waals surface area contributed by atoms with Crippen molar-refractivity contribution < 1.29 is 9.53 Å². The number of nitrogens with zero attached hydrogens (tertiary/aromatic N) is 1. The van der Waals surface area contributed by atoms with Crippen LogP contribution in [0.5, 0.6) is 0 Å². The fourth-order valence-electron chi connectivity index (χ4n) is 1.76. The standard InChI is InChI=1S/C13H27NO2.ClH/c1-6-14(7-2)8-9-16-13(15)12(5)10-11(3)4;/h11-12H,6-10H2,1-5H3;1H. The minimum Gasteiger partial charge on any atom is -0.464 e. The molecule has 0 aliphatic rings. The van der Waals surface area contributed by atoms with Gasteiger partial charge in [-0.25, -0.2) is 0 Å². The molecule has 1 unspecified atom stereocenters. The van der Waals surface area contributed by atoms with Crippen molar-refractivity contribution in [3.63, 3.8) is 0 Å². The van der Waals surface area contributed by atoms with Crippen molar-refractivity contribution >= 4 is 18.4 Å². The number of halogens is 1. The van der Waals surface area contributed by atoms with Gasteiger partial charge in [0, 0.05) is 6.54 Å². The first kappa shape index (κ1) is 19.1. The Hall–Kier alpha value is -0.280. The molecule has 104 valence electrons. The molecule has 0 aromatic rings. The van der Waals surface area contributed by atoms with Crippen molar-refractivity contribution in [2.24, 2.45) is 11.8 Å². The summed E-state index contributed by atoms with van der Waals surface area (Å²) in [5, 5.41) is 0. The van der Waals surface area contributed by atoms with E-state index in [9.17, 15) is 4.79 Å². The molecule has 0 aromatic carbocycles. The summed E-state index contributed by atoms with van der Waals surface area (Å²) in [4.78, 5) is 13.8. The van der Waals surface area contributed by atoms with Crippen LogP contribution in [0, 0.1) is 11.8 Å². The first-order chi connectivity index (χ1) is 7.51. The molecular formula is C13H28ClNO2. The number of carbonyl (C=O) groups excluding carboxylic acids is 1. The summed E-state index contributed by atoms with van der Waals surface area (Å²) in [6.07, 6.45) is 0.907. The number of ether oxygens (including phenoxy) is 1. The number of likely N-dealkylation sites (N-methyl/N-ethyl adjacent to an activating group) is 1. The van der Waals surface area contributed by atoms with E-state index in [1.54, 1.807) is 0 Å². The summed E-state index contributed by atoms with van der Waals surface area (Å²) in [6.45, 7) is 13.8. The van der Waals surface area contributed by atoms with Crippen molar-refractivity contribution in [3.8, 4) is 0 Å². The minimum atomic E-state index is -0.0548. The second-order valence-corrected chi connectivity index (χ2v) is 4.72. The second kappa shape index (κ2) is 10.8. The SMILES string of the molecule is CCN(CC)CCOC(=O)C(C)CC(C)C.Cl. The van der Waals surface area contributed by atoms with E-state index in [1.807, 2.05) is 6.92 Å². The summed E-state index contributed by atoms with van der Waals surface area (Å²) in [7, 11) is 0. The summed E-state index contributed by atoms with van der Waals surface area (Å²) < 4.78 is 5.26. The van der Waals surface area contributed by atoms with Gasteiger partial charge >= 0.3 is 5.97 Å². The van der Waals surface area contributed by atoms with Gasteiger partial charge in [-0.3, -0.25) is 4.79 Å². The van der Waals surface area contributed by atoms with E-state index in [4.69, 9.17) is 4.74 Å². The van der Waals surface area contributed by atoms with Crippen LogP contribution in [0.4, 0.5) is 0 Å². The van der Waals surface area contributed by atoms with Crippen molar-refractivity contribution in [3.05, 3.63) is 0 Å². The van der Waals surface area contributed by atoms with Gasteiger partial charge in [0.1, 0.15) is 6.61 Å². The van der Waals surface area contributed by atoms with Crippen LogP contribution in [0.3, 0.4) is 0 Å². The van der Waals surface area contributed by atoms with E-state index in [2.05, 4.69) is 32.6 Å². The van der Waals surface area contributed by atoms with Crippen molar-refractivity contribution in [2.75, 3.05) is 26.2 Å². The van der Waals surface area contributed by atoms with Crippen LogP contribution in [0.15, 0.2) is 0 Å². The lowest BCUT2D eigenvalue weighted by molar-refractivity contribution is -0.148. The van der Waals surface area contributed by atoms with Crippen LogP contribution in [0.25, 0.3) is 0 Å². The molecule has 0 aromatic heterocycles. The van der Waals surface area contributed by atoms with E-state index in [0.717, 1.165) is 26.1 Å². The fraction of sp³-hybridized carbons (Fsp3) is 0.923. The Morgan fingerprint density at radius 2 is 1.71 bits per heavy atom. The summed E-state index contributed by atoms with van der Waals surface area (Å²) in [5.74, 6) is 0.517. The number of hydrogen-bond acceptors (Lipinski definition) is 3. The largest absolute Gasteiger partial charge is 0.464 e. The normalized spacial score (nSPS) is 12.4. The van der Waals surface area contributed by atoms with Crippen LogP contribution in [0.1, 0.15) is 41.0 Å². The van der Waals surface area contributed by atoms with E-state index in [1.165, 1.54) is 0 Å². The first-order valence-corrected chi connectivity index (χ1v) is 6.40. The van der Waals surface area contributed by atoms with E-state index >= 15 is 0 Å². The average Bonchev–Trinajstić information content (AvgIpc) is 2.23. The molecule has 4 heteroatoms. The minimum absolute atomic E-state index is 0. The highest BCUT2D eigenvalue weighted by Crippen LogP contribution is 2.12. The predicted molar refractivity (Wildman–Crippen MR) is 74.6 cm³/mol. The van der Waals surface area contributed by atoms with Gasteiger partial charge in [0.25, 0.3) is 0 Å². The fourth-order valence-corrected chi connectivity index (χ4v) is 1.76. The van der Waals surface area contributed by atoms with E-state index < -0.39 is 0 Å². The molecule has 0 saturated carbocycles. The molecule has 0 rings (SSSR count). The number of hydrogen-bond donors (Lipinski definition) is 0. The van der Waals surface area contributed by atoms with Gasteiger partial charge in [-0.05, 0) is 25.4 Å². The lowest BCUT2D eigenvalue weighted by Crippen LogP contribution is -2.29. The van der Waals surface area contributed by atoms with Gasteiger partial charge in [0.15, 0.2) is 0 Å². The third-order valence-electron chi connectivity index (χ3n) is 2.77. The maximum Gasteiger partial charge on any atom is 0.308 e. The highest BCUT2D eigenvalue weighted by molar-refractivity contribution is 5.85. The summed E-state index contributed by atoms with van der Waals surface area (Å²) in [6, 6.07) is 0. The topological polar surface area (TPSA) is 29.5 Å². The van der Waals surface area contributed by atoms with Crippen molar-refractivity contribution in [1.29, 1.82) is 0 Å². The molecule has 0 saturated heterocycles. The molecule has 0 aliphatic heterocycles. The van der Waals surface area contributed by atoms with Gasteiger partial charge in [0.05, 0.1) is 5.92 Å². The van der Waals surface area contributed by atoms with Crippen LogP contribution < -0.4 is 0 Å². The smallest absolute Gasteiger partial charge is 0.308 e. The lowest BCUT2D eigenvalue weighted by Gasteiger charge is -2.19. The lowest BCUT2D eigenvalue weighted by atomic mass is 9.99. The molecule has 17 heavy (non-hydrogen) atoms. The Morgan fingerprint density at radius 3 is 2.12 bits per heavy atom. The molecule has 0 bridgehead atoms. The summed E-state index contributed by atoms with van der Waals surface area (Å²) in [5.41, 5.74) is 0. The predicted octanol–water partition coefficient (Wildman–Crippen LogP) is 2.98. The average molecular weight is 266 g/mol. The molecule has 0 aliphatic carbocycles. The maximum absolute atomic E-state index is 11.6. The van der Waals surface area contributed by atoms with Crippen LogP contribution in [-0.2, 0) is 9.53 Å². The molecule has 1 atom stereocenters. The zero-order chi connectivity index (χ0) is 12.6. The van der Waals surface area contributed by atoms with Crippen molar-refractivity contribution in [2.45, 2.75) is 41.0 Å². The van der Waals surface area contributed by atoms with Gasteiger partial charge < -0.3 is 9.64 Å². The zero-order valence-corrected chi connectivity index (χ0v) is 12.7. The molecule has 0 radical (unpaired) electrons. The molecule has 0 fully saturated rings. The number of esters is 1. The van der Waals surface area contributed by atoms with E-state index in [-0.39, 0.29) is 24.3 Å². The Morgan fingerprint density at radius 1 is 1.18 bits per heavy atom. The quantitative estimate of drug-likeness (QED) is 0.632. The van der Waals surface area contributed by atoms with Crippen molar-refractivity contribution in [1.82, 2.24) is 4.90 Å². The van der Waals surface area contributed by atoms with Crippen LogP contribution >= 0.6 is 12.4 Å². The maximum atomic E-state index is 11.6. The highest BCUT2D eigenvalue weighted by Gasteiger charge is 2.15. The van der Waals surface area contributed by atoms with E-state index in [0.29, 0.717) is 12.5 Å². The van der Waals surface area contributed by atoms with Gasteiger partial charge in [0.2, 0.25) is 0 Å². The van der Waals surface area contributed by atoms with Gasteiger partial charge in [-0.1, -0.05) is 34.6 Å². The molecule has 0 N–H and O–H groups in total. The molecule has 3 nitrogen and oxygen atoms in total. The zero-order valence-electron chi connectivity index (χ0n) is 11.9. The Balaban J connectivity index is 0. The third kappa shape index (κ3) is 9.42. The Labute approximate surface area is 112 Å². The van der Waals surface area contributed by atoms with Crippen LogP contribution in [-0.4, -0.2) is 37.1 Å². The summed E-state index contributed by atoms with van der Waals surface area (Å²) >= 11 is 0. The third-order valence-corrected chi connectivity index (χ3v) is 2.77. The van der Waals surface area contributed by atoms with Gasteiger partial charge in [-0.2, -0.15) is 0 Å². The Kier molecular flexibility index (Phi) is 12.2. The molecule has 0 amide bonds. The number of carbonyl (C=O) groups is 1. The van der Waals surface area contributed by atoms with Crippen LogP contribution in [0.2, 0.25) is 0 Å². The molecular weight excluding hydrogens is 238 g/mol. The molecule has 0 heterocycles. The number of rotatable bonds is 8. The first-order valence-electron chi connectivity index (χ1n) is 6.40. The van der Waals surface area contributed by atoms with Gasteiger partial charge in [-0.15, -0.1) is 12.4 Å². The Bertz CT molecular complexity index is 194. The monoisotopic (exact) mass is 265 g/mol. The highest BCUT2D eigenvalue weighted by atomic mass is 35.5. The second-order valence-electron chi connectivity index (χ2n) is 4.72. The molecule has 0 spiro atoms.